The van der Waals surface area contributed by atoms with Gasteiger partial charge in [-0.1, -0.05) is 17.7 Å². The zero-order valence-corrected chi connectivity index (χ0v) is 12.3. The number of nitrogens with zero attached hydrogens (tertiary/aromatic N) is 1. The Kier molecular flexibility index (Phi) is 4.46. The standard InChI is InChI=1S/C13H15ClN2O5/c1-13(2)20-7-8(21-13)6-15-12(17)9-4-3-5-10(14)11(9)16(18)19/h3-5,8H,6-7H2,1-2H3,(H,15,17). The lowest BCUT2D eigenvalue weighted by Gasteiger charge is -2.17. The highest BCUT2D eigenvalue weighted by molar-refractivity contribution is 6.33. The molecule has 0 aromatic heterocycles. The third-order valence-electron chi connectivity index (χ3n) is 2.97. The molecule has 0 radical (unpaired) electrons. The maximum Gasteiger partial charge on any atom is 0.300 e. The number of amides is 1. The second-order valence-corrected chi connectivity index (χ2v) is 5.46. The number of nitro groups is 1. The van der Waals surface area contributed by atoms with Gasteiger partial charge in [0.2, 0.25) is 0 Å². The molecule has 1 aromatic rings. The molecule has 114 valence electrons. The van der Waals surface area contributed by atoms with E-state index in [1.807, 2.05) is 0 Å². The average molecular weight is 315 g/mol. The number of para-hydroxylation sites is 1. The Morgan fingerprint density at radius 1 is 1.57 bits per heavy atom. The van der Waals surface area contributed by atoms with Crippen LogP contribution in [0, 0.1) is 10.1 Å². The second kappa shape index (κ2) is 5.97. The molecule has 0 spiro atoms. The summed E-state index contributed by atoms with van der Waals surface area (Å²) in [6.45, 7) is 4.10. The van der Waals surface area contributed by atoms with E-state index in [1.54, 1.807) is 13.8 Å². The SMILES string of the molecule is CC1(C)OCC(CNC(=O)c2cccc(Cl)c2[N+](=O)[O-])O1. The molecular formula is C13H15ClN2O5. The zero-order valence-electron chi connectivity index (χ0n) is 11.6. The Morgan fingerprint density at radius 3 is 2.86 bits per heavy atom. The van der Waals surface area contributed by atoms with E-state index in [0.717, 1.165) is 0 Å². The van der Waals surface area contributed by atoms with Crippen LogP contribution < -0.4 is 5.32 Å². The van der Waals surface area contributed by atoms with Gasteiger partial charge in [0.1, 0.15) is 16.7 Å². The molecule has 8 heteroatoms. The van der Waals surface area contributed by atoms with Gasteiger partial charge >= 0.3 is 5.69 Å². The van der Waals surface area contributed by atoms with Gasteiger partial charge in [0.05, 0.1) is 11.5 Å². The Hall–Kier alpha value is -1.70. The molecule has 2 rings (SSSR count). The van der Waals surface area contributed by atoms with Crippen LogP contribution >= 0.6 is 11.6 Å². The van der Waals surface area contributed by atoms with E-state index in [9.17, 15) is 14.9 Å². The van der Waals surface area contributed by atoms with Crippen LogP contribution in [0.5, 0.6) is 0 Å². The fraction of sp³-hybridized carbons (Fsp3) is 0.462. The van der Waals surface area contributed by atoms with Crippen molar-refractivity contribution < 1.29 is 19.2 Å². The number of carbonyl (C=O) groups is 1. The van der Waals surface area contributed by atoms with E-state index in [2.05, 4.69) is 5.32 Å². The first kappa shape index (κ1) is 15.7. The number of benzene rings is 1. The Bertz CT molecular complexity index is 576. The summed E-state index contributed by atoms with van der Waals surface area (Å²) in [6, 6.07) is 4.21. The van der Waals surface area contributed by atoms with Crippen molar-refractivity contribution in [2.24, 2.45) is 0 Å². The van der Waals surface area contributed by atoms with Gasteiger partial charge in [-0.25, -0.2) is 0 Å². The number of carbonyl (C=O) groups excluding carboxylic acids is 1. The van der Waals surface area contributed by atoms with Gasteiger partial charge in [-0.3, -0.25) is 14.9 Å². The van der Waals surface area contributed by atoms with E-state index in [1.165, 1.54) is 18.2 Å². The summed E-state index contributed by atoms with van der Waals surface area (Å²) in [6.07, 6.45) is -0.290. The summed E-state index contributed by atoms with van der Waals surface area (Å²) in [5.41, 5.74) is -0.480. The summed E-state index contributed by atoms with van der Waals surface area (Å²) in [7, 11) is 0. The molecule has 1 aromatic carbocycles. The summed E-state index contributed by atoms with van der Waals surface area (Å²) in [5, 5.41) is 13.5. The van der Waals surface area contributed by atoms with Crippen LogP contribution in [0.4, 0.5) is 5.69 Å². The van der Waals surface area contributed by atoms with Crippen molar-refractivity contribution in [1.29, 1.82) is 0 Å². The van der Waals surface area contributed by atoms with Crippen LogP contribution in [0.2, 0.25) is 5.02 Å². The van der Waals surface area contributed by atoms with Crippen LogP contribution in [0.1, 0.15) is 24.2 Å². The minimum Gasteiger partial charge on any atom is -0.349 e. The molecule has 0 bridgehead atoms. The molecule has 0 saturated carbocycles. The number of halogens is 1. The predicted octanol–water partition coefficient (Wildman–Crippen LogP) is 2.13. The monoisotopic (exact) mass is 314 g/mol. The normalized spacial score (nSPS) is 20.2. The van der Waals surface area contributed by atoms with Crippen LogP contribution in [-0.4, -0.2) is 35.9 Å². The quantitative estimate of drug-likeness (QED) is 0.679. The van der Waals surface area contributed by atoms with E-state index in [4.69, 9.17) is 21.1 Å². The minimum atomic E-state index is -0.683. The van der Waals surface area contributed by atoms with Gasteiger partial charge in [-0.05, 0) is 26.0 Å². The first-order valence-electron chi connectivity index (χ1n) is 6.33. The van der Waals surface area contributed by atoms with Gasteiger partial charge in [0, 0.05) is 6.54 Å². The fourth-order valence-electron chi connectivity index (χ4n) is 2.05. The third kappa shape index (κ3) is 3.69. The summed E-state index contributed by atoms with van der Waals surface area (Å²) >= 11 is 5.77. The molecule has 1 saturated heterocycles. The van der Waals surface area contributed by atoms with Crippen molar-refractivity contribution in [1.82, 2.24) is 5.32 Å². The van der Waals surface area contributed by atoms with E-state index in [-0.39, 0.29) is 23.2 Å². The Balaban J connectivity index is 2.05. The number of nitrogens with one attached hydrogen (secondary N) is 1. The maximum atomic E-state index is 12.1. The lowest BCUT2D eigenvalue weighted by atomic mass is 10.1. The van der Waals surface area contributed by atoms with Crippen LogP contribution in [-0.2, 0) is 9.47 Å². The first-order chi connectivity index (χ1) is 9.80. The lowest BCUT2D eigenvalue weighted by Crippen LogP contribution is -2.34. The van der Waals surface area contributed by atoms with Gasteiger partial charge in [-0.2, -0.15) is 0 Å². The van der Waals surface area contributed by atoms with Crippen molar-refractivity contribution in [3.05, 3.63) is 38.9 Å². The van der Waals surface area contributed by atoms with Crippen LogP contribution in [0.25, 0.3) is 0 Å². The van der Waals surface area contributed by atoms with Crippen molar-refractivity contribution in [3.63, 3.8) is 0 Å². The summed E-state index contributed by atoms with van der Waals surface area (Å²) < 4.78 is 10.9. The molecule has 1 aliphatic heterocycles. The summed E-state index contributed by atoms with van der Waals surface area (Å²) in [5.74, 6) is -1.25. The largest absolute Gasteiger partial charge is 0.349 e. The van der Waals surface area contributed by atoms with Gasteiger partial charge in [0.25, 0.3) is 5.91 Å². The van der Waals surface area contributed by atoms with Gasteiger partial charge in [0.15, 0.2) is 5.79 Å². The highest BCUT2D eigenvalue weighted by atomic mass is 35.5. The molecule has 1 aliphatic rings. The lowest BCUT2D eigenvalue weighted by molar-refractivity contribution is -0.385. The number of hydrogen-bond donors (Lipinski definition) is 1. The van der Waals surface area contributed by atoms with Crippen molar-refractivity contribution in [2.75, 3.05) is 13.2 Å². The molecular weight excluding hydrogens is 300 g/mol. The molecule has 1 fully saturated rings. The molecule has 21 heavy (non-hydrogen) atoms. The first-order valence-corrected chi connectivity index (χ1v) is 6.71. The van der Waals surface area contributed by atoms with E-state index in [0.29, 0.717) is 6.61 Å². The Labute approximate surface area is 126 Å². The molecule has 1 amide bonds. The van der Waals surface area contributed by atoms with Gasteiger partial charge in [-0.15, -0.1) is 0 Å². The maximum absolute atomic E-state index is 12.1. The molecule has 0 aliphatic carbocycles. The minimum absolute atomic E-state index is 0.0748. The van der Waals surface area contributed by atoms with Gasteiger partial charge < -0.3 is 14.8 Å². The smallest absolute Gasteiger partial charge is 0.300 e. The predicted molar refractivity (Wildman–Crippen MR) is 75.3 cm³/mol. The van der Waals surface area contributed by atoms with Crippen molar-refractivity contribution in [2.45, 2.75) is 25.7 Å². The van der Waals surface area contributed by atoms with E-state index >= 15 is 0 Å². The van der Waals surface area contributed by atoms with Crippen LogP contribution in [0.3, 0.4) is 0 Å². The number of ether oxygens (including phenoxy) is 2. The molecule has 1 atom stereocenters. The molecule has 1 heterocycles. The molecule has 1 N–H and O–H groups in total. The van der Waals surface area contributed by atoms with Crippen LogP contribution in [0.15, 0.2) is 18.2 Å². The van der Waals surface area contributed by atoms with E-state index < -0.39 is 22.3 Å². The zero-order chi connectivity index (χ0) is 15.6. The molecule has 7 nitrogen and oxygen atoms in total. The fourth-order valence-corrected chi connectivity index (χ4v) is 2.29. The number of hydrogen-bond acceptors (Lipinski definition) is 5. The second-order valence-electron chi connectivity index (χ2n) is 5.05. The summed E-state index contributed by atoms with van der Waals surface area (Å²) in [4.78, 5) is 22.4. The van der Waals surface area contributed by atoms with Crippen molar-refractivity contribution in [3.8, 4) is 0 Å². The topological polar surface area (TPSA) is 90.7 Å². The Morgan fingerprint density at radius 2 is 2.29 bits per heavy atom. The highest BCUT2D eigenvalue weighted by Crippen LogP contribution is 2.28. The number of nitro benzene ring substituents is 1. The average Bonchev–Trinajstić information content (AvgIpc) is 2.74. The third-order valence-corrected chi connectivity index (χ3v) is 3.28. The number of rotatable bonds is 4. The highest BCUT2D eigenvalue weighted by Gasteiger charge is 2.33. The van der Waals surface area contributed by atoms with Crippen molar-refractivity contribution >= 4 is 23.2 Å². The molecule has 1 unspecified atom stereocenters.